The number of epoxide rings is 1. The number of unbranched alkanes of at least 4 members (excludes halogenated alkanes) is 3. The Morgan fingerprint density at radius 2 is 2.05 bits per heavy atom. The number of hydrogen-bond acceptors (Lipinski definition) is 2. The van der Waals surface area contributed by atoms with Crippen molar-refractivity contribution in [2.75, 3.05) is 13.2 Å². The normalized spacial score (nSPS) is 17.6. The third-order valence-corrected chi connectivity index (χ3v) is 3.46. The first-order valence-corrected chi connectivity index (χ1v) is 7.87. The standard InChI is InChI=1S/C18H26O2/c1-2-3-4-5-6-7-8-10-16-11-9-12-17(13-16)19-14-18-15-20-18/h5-6,9,11-13,18H,2-4,7-8,10,14-15H2,1H3/b6-5+. The molecule has 1 aromatic carbocycles. The summed E-state index contributed by atoms with van der Waals surface area (Å²) in [5.41, 5.74) is 1.36. The Bertz CT molecular complexity index is 408. The van der Waals surface area contributed by atoms with E-state index in [1.165, 1.54) is 37.7 Å². The summed E-state index contributed by atoms with van der Waals surface area (Å²) in [5.74, 6) is 0.969. The Morgan fingerprint density at radius 3 is 2.80 bits per heavy atom. The summed E-state index contributed by atoms with van der Waals surface area (Å²) in [6.07, 6.45) is 12.3. The van der Waals surface area contributed by atoms with Gasteiger partial charge in [0.15, 0.2) is 0 Å². The second kappa shape index (κ2) is 8.80. The van der Waals surface area contributed by atoms with Crippen molar-refractivity contribution in [1.29, 1.82) is 0 Å². The van der Waals surface area contributed by atoms with Crippen molar-refractivity contribution < 1.29 is 9.47 Å². The van der Waals surface area contributed by atoms with E-state index in [0.717, 1.165) is 18.8 Å². The molecule has 0 aromatic heterocycles. The fourth-order valence-corrected chi connectivity index (χ4v) is 2.13. The Balaban J connectivity index is 1.64. The number of hydrogen-bond donors (Lipinski definition) is 0. The maximum Gasteiger partial charge on any atom is 0.119 e. The highest BCUT2D eigenvalue weighted by Gasteiger charge is 2.22. The highest BCUT2D eigenvalue weighted by Crippen LogP contribution is 2.17. The van der Waals surface area contributed by atoms with Crippen molar-refractivity contribution in [1.82, 2.24) is 0 Å². The number of rotatable bonds is 10. The monoisotopic (exact) mass is 274 g/mol. The van der Waals surface area contributed by atoms with Crippen LogP contribution in [0.25, 0.3) is 0 Å². The van der Waals surface area contributed by atoms with Gasteiger partial charge in [0.05, 0.1) is 6.61 Å². The van der Waals surface area contributed by atoms with Crippen molar-refractivity contribution in [3.05, 3.63) is 42.0 Å². The molecule has 2 rings (SSSR count). The highest BCUT2D eigenvalue weighted by molar-refractivity contribution is 5.28. The van der Waals surface area contributed by atoms with Crippen LogP contribution in [0.1, 0.15) is 44.6 Å². The van der Waals surface area contributed by atoms with Crippen molar-refractivity contribution in [2.45, 2.75) is 51.6 Å². The quantitative estimate of drug-likeness (QED) is 0.355. The van der Waals surface area contributed by atoms with Gasteiger partial charge in [-0.2, -0.15) is 0 Å². The van der Waals surface area contributed by atoms with E-state index >= 15 is 0 Å². The van der Waals surface area contributed by atoms with Gasteiger partial charge >= 0.3 is 0 Å². The molecule has 0 bridgehead atoms. The van der Waals surface area contributed by atoms with Crippen LogP contribution >= 0.6 is 0 Å². The molecule has 0 saturated carbocycles. The lowest BCUT2D eigenvalue weighted by molar-refractivity contribution is 0.263. The molecule has 0 spiro atoms. The molecule has 1 unspecified atom stereocenters. The summed E-state index contributed by atoms with van der Waals surface area (Å²) in [6.45, 7) is 3.77. The molecule has 1 saturated heterocycles. The second-order valence-corrected chi connectivity index (χ2v) is 5.42. The Morgan fingerprint density at radius 1 is 1.25 bits per heavy atom. The lowest BCUT2D eigenvalue weighted by atomic mass is 10.1. The molecule has 0 aliphatic carbocycles. The largest absolute Gasteiger partial charge is 0.491 e. The predicted molar refractivity (Wildman–Crippen MR) is 83.3 cm³/mol. The average Bonchev–Trinajstić information content (AvgIpc) is 3.29. The van der Waals surface area contributed by atoms with Gasteiger partial charge in [0.25, 0.3) is 0 Å². The minimum atomic E-state index is 0.326. The molecule has 1 heterocycles. The minimum Gasteiger partial charge on any atom is -0.491 e. The summed E-state index contributed by atoms with van der Waals surface area (Å²) in [6, 6.07) is 8.44. The molecule has 1 aromatic rings. The SMILES string of the molecule is CCCC/C=C/CCCc1cccc(OCC2CO2)c1. The minimum absolute atomic E-state index is 0.326. The summed E-state index contributed by atoms with van der Waals surface area (Å²) < 4.78 is 10.9. The van der Waals surface area contributed by atoms with Gasteiger partial charge in [-0.3, -0.25) is 0 Å². The smallest absolute Gasteiger partial charge is 0.119 e. The van der Waals surface area contributed by atoms with Crippen LogP contribution in [0.3, 0.4) is 0 Å². The molecule has 1 fully saturated rings. The predicted octanol–water partition coefficient (Wildman–Crippen LogP) is 4.53. The van der Waals surface area contributed by atoms with Crippen molar-refractivity contribution >= 4 is 0 Å². The molecule has 110 valence electrons. The lowest BCUT2D eigenvalue weighted by Crippen LogP contribution is -2.04. The maximum absolute atomic E-state index is 5.70. The zero-order valence-corrected chi connectivity index (χ0v) is 12.5. The average molecular weight is 274 g/mol. The molecule has 0 radical (unpaired) electrons. The van der Waals surface area contributed by atoms with Crippen molar-refractivity contribution in [3.8, 4) is 5.75 Å². The first kappa shape index (κ1) is 15.1. The van der Waals surface area contributed by atoms with Crippen LogP contribution in [0.4, 0.5) is 0 Å². The van der Waals surface area contributed by atoms with Gasteiger partial charge in [-0.1, -0.05) is 44.1 Å². The molecular formula is C18H26O2. The van der Waals surface area contributed by atoms with E-state index in [4.69, 9.17) is 9.47 Å². The molecule has 1 atom stereocenters. The van der Waals surface area contributed by atoms with Crippen LogP contribution in [0.15, 0.2) is 36.4 Å². The van der Waals surface area contributed by atoms with E-state index in [2.05, 4.69) is 37.3 Å². The van der Waals surface area contributed by atoms with Gasteiger partial charge in [-0.05, 0) is 43.4 Å². The second-order valence-electron chi connectivity index (χ2n) is 5.42. The molecule has 0 N–H and O–H groups in total. The molecule has 1 aliphatic heterocycles. The number of allylic oxidation sites excluding steroid dienone is 2. The third-order valence-electron chi connectivity index (χ3n) is 3.46. The molecule has 2 nitrogen and oxygen atoms in total. The summed E-state index contributed by atoms with van der Waals surface area (Å²) >= 11 is 0. The third kappa shape index (κ3) is 6.25. The molecule has 2 heteroatoms. The van der Waals surface area contributed by atoms with Crippen LogP contribution in [0, 0.1) is 0 Å². The zero-order valence-electron chi connectivity index (χ0n) is 12.5. The van der Waals surface area contributed by atoms with E-state index in [9.17, 15) is 0 Å². The molecule has 0 amide bonds. The van der Waals surface area contributed by atoms with E-state index in [1.54, 1.807) is 0 Å². The summed E-state index contributed by atoms with van der Waals surface area (Å²) in [4.78, 5) is 0. The fraction of sp³-hybridized carbons (Fsp3) is 0.556. The van der Waals surface area contributed by atoms with E-state index in [1.807, 2.05) is 6.07 Å². The van der Waals surface area contributed by atoms with Crippen LogP contribution in [-0.4, -0.2) is 19.3 Å². The van der Waals surface area contributed by atoms with Gasteiger partial charge in [0, 0.05) is 0 Å². The number of ether oxygens (including phenoxy) is 2. The summed E-state index contributed by atoms with van der Waals surface area (Å²) in [5, 5.41) is 0. The van der Waals surface area contributed by atoms with Crippen LogP contribution in [-0.2, 0) is 11.2 Å². The Kier molecular flexibility index (Phi) is 6.65. The van der Waals surface area contributed by atoms with Gasteiger partial charge in [-0.25, -0.2) is 0 Å². The number of aryl methyl sites for hydroxylation is 1. The van der Waals surface area contributed by atoms with Gasteiger partial charge < -0.3 is 9.47 Å². The molecule has 1 aliphatic rings. The molecule has 20 heavy (non-hydrogen) atoms. The van der Waals surface area contributed by atoms with Gasteiger partial charge in [-0.15, -0.1) is 0 Å². The zero-order chi connectivity index (χ0) is 14.0. The van der Waals surface area contributed by atoms with Crippen LogP contribution in [0.5, 0.6) is 5.75 Å². The van der Waals surface area contributed by atoms with E-state index in [0.29, 0.717) is 12.7 Å². The maximum atomic E-state index is 5.70. The van der Waals surface area contributed by atoms with E-state index < -0.39 is 0 Å². The van der Waals surface area contributed by atoms with Crippen LogP contribution < -0.4 is 4.74 Å². The first-order chi connectivity index (χ1) is 9.88. The van der Waals surface area contributed by atoms with Crippen molar-refractivity contribution in [2.24, 2.45) is 0 Å². The van der Waals surface area contributed by atoms with Crippen molar-refractivity contribution in [3.63, 3.8) is 0 Å². The van der Waals surface area contributed by atoms with Gasteiger partial charge in [0.1, 0.15) is 18.5 Å². The number of benzene rings is 1. The topological polar surface area (TPSA) is 21.8 Å². The molecular weight excluding hydrogens is 248 g/mol. The van der Waals surface area contributed by atoms with E-state index in [-0.39, 0.29) is 0 Å². The van der Waals surface area contributed by atoms with Gasteiger partial charge in [0.2, 0.25) is 0 Å². The van der Waals surface area contributed by atoms with Crippen LogP contribution in [0.2, 0.25) is 0 Å². The first-order valence-electron chi connectivity index (χ1n) is 7.87. The lowest BCUT2D eigenvalue weighted by Gasteiger charge is -2.06. The Hall–Kier alpha value is -1.28. The Labute approximate surface area is 122 Å². The highest BCUT2D eigenvalue weighted by atomic mass is 16.6. The summed E-state index contributed by atoms with van der Waals surface area (Å²) in [7, 11) is 0. The fourth-order valence-electron chi connectivity index (χ4n) is 2.13.